The summed E-state index contributed by atoms with van der Waals surface area (Å²) >= 11 is 0. The molecule has 0 spiro atoms. The summed E-state index contributed by atoms with van der Waals surface area (Å²) in [5, 5.41) is 2.96. The topological polar surface area (TPSA) is 50.8 Å². The molecule has 0 aliphatic carbocycles. The minimum atomic E-state index is -0.795. The van der Waals surface area contributed by atoms with E-state index in [0.717, 1.165) is 30.8 Å². The van der Waals surface area contributed by atoms with Gasteiger partial charge in [-0.1, -0.05) is 20.3 Å². The molecule has 5 nitrogen and oxygen atoms in total. The summed E-state index contributed by atoms with van der Waals surface area (Å²) < 4.78 is 11.6. The number of anilines is 1. The van der Waals surface area contributed by atoms with Gasteiger partial charge >= 0.3 is 0 Å². The first-order valence-electron chi connectivity index (χ1n) is 10.9. The second kappa shape index (κ2) is 11.4. The number of hydrogen-bond acceptors (Lipinski definition) is 4. The molecule has 1 heterocycles. The molecular formula is C23H38N2O3. The second-order valence-electron chi connectivity index (χ2n) is 7.99. The van der Waals surface area contributed by atoms with E-state index in [1.807, 2.05) is 45.0 Å². The fourth-order valence-corrected chi connectivity index (χ4v) is 3.50. The number of nitrogens with one attached hydrogen (secondary N) is 1. The molecule has 1 aliphatic rings. The van der Waals surface area contributed by atoms with E-state index in [2.05, 4.69) is 17.1 Å². The van der Waals surface area contributed by atoms with Crippen LogP contribution >= 0.6 is 0 Å². The van der Waals surface area contributed by atoms with Crippen LogP contribution in [0.3, 0.4) is 0 Å². The first-order chi connectivity index (χ1) is 13.5. The molecule has 2 rings (SSSR count). The monoisotopic (exact) mass is 390 g/mol. The highest BCUT2D eigenvalue weighted by molar-refractivity contribution is 5.97. The average Bonchev–Trinajstić information content (AvgIpc) is 2.71. The van der Waals surface area contributed by atoms with Crippen LogP contribution in [-0.4, -0.2) is 48.8 Å². The van der Waals surface area contributed by atoms with Crippen LogP contribution in [0.5, 0.6) is 5.75 Å². The Morgan fingerprint density at radius 3 is 2.61 bits per heavy atom. The Hall–Kier alpha value is -1.59. The molecule has 1 N–H and O–H groups in total. The van der Waals surface area contributed by atoms with Crippen molar-refractivity contribution in [1.29, 1.82) is 0 Å². The summed E-state index contributed by atoms with van der Waals surface area (Å²) in [4.78, 5) is 15.1. The number of carbonyl (C=O) groups excluding carboxylic acids is 1. The fraction of sp³-hybridized carbons (Fsp3) is 0.696. The number of amides is 1. The van der Waals surface area contributed by atoms with Crippen LogP contribution in [0.2, 0.25) is 0 Å². The fourth-order valence-electron chi connectivity index (χ4n) is 3.50. The minimum Gasteiger partial charge on any atom is -0.494 e. The van der Waals surface area contributed by atoms with Crippen LogP contribution in [0.1, 0.15) is 66.2 Å². The van der Waals surface area contributed by atoms with Gasteiger partial charge in [0.05, 0.1) is 6.61 Å². The van der Waals surface area contributed by atoms with E-state index < -0.39 is 5.60 Å². The Morgan fingerprint density at radius 2 is 1.96 bits per heavy atom. The number of rotatable bonds is 11. The number of likely N-dealkylation sites (tertiary alicyclic amines) is 1. The summed E-state index contributed by atoms with van der Waals surface area (Å²) in [6.45, 7) is 11.8. The maximum absolute atomic E-state index is 12.6. The molecule has 0 saturated carbocycles. The minimum absolute atomic E-state index is 0.104. The molecule has 5 heteroatoms. The van der Waals surface area contributed by atoms with Crippen molar-refractivity contribution in [3.63, 3.8) is 0 Å². The number of benzene rings is 1. The quantitative estimate of drug-likeness (QED) is 0.548. The molecule has 1 fully saturated rings. The highest BCUT2D eigenvalue weighted by Gasteiger charge is 2.32. The van der Waals surface area contributed by atoms with Gasteiger partial charge in [-0.25, -0.2) is 0 Å². The van der Waals surface area contributed by atoms with Crippen LogP contribution in [0, 0.1) is 0 Å². The van der Waals surface area contributed by atoms with Crippen molar-refractivity contribution in [2.24, 2.45) is 0 Å². The normalized spacial score (nSPS) is 19.8. The predicted molar refractivity (Wildman–Crippen MR) is 115 cm³/mol. The Bertz CT molecular complexity index is 590. The number of hydrogen-bond donors (Lipinski definition) is 1. The van der Waals surface area contributed by atoms with E-state index in [-0.39, 0.29) is 5.91 Å². The van der Waals surface area contributed by atoms with Crippen molar-refractivity contribution in [2.75, 3.05) is 31.6 Å². The third-order valence-electron chi connectivity index (χ3n) is 5.69. The van der Waals surface area contributed by atoms with Crippen molar-refractivity contribution < 1.29 is 14.3 Å². The average molecular weight is 391 g/mol. The van der Waals surface area contributed by atoms with Gasteiger partial charge in [-0.05, 0) is 76.8 Å². The SMILES string of the molecule is CCCOC(C)(CC)C(=O)Nc1ccc(OCCCN2CCCCC2C)cc1. The molecule has 158 valence electrons. The zero-order chi connectivity index (χ0) is 20.4. The van der Waals surface area contributed by atoms with Crippen molar-refractivity contribution in [3.8, 4) is 5.75 Å². The van der Waals surface area contributed by atoms with Gasteiger partial charge in [0, 0.05) is 24.9 Å². The Kier molecular flexibility index (Phi) is 9.26. The van der Waals surface area contributed by atoms with E-state index in [1.165, 1.54) is 25.8 Å². The lowest BCUT2D eigenvalue weighted by atomic mass is 10.0. The summed E-state index contributed by atoms with van der Waals surface area (Å²) in [7, 11) is 0. The van der Waals surface area contributed by atoms with Crippen LogP contribution in [0.15, 0.2) is 24.3 Å². The molecule has 1 aromatic carbocycles. The molecule has 1 aromatic rings. The zero-order valence-electron chi connectivity index (χ0n) is 18.1. The van der Waals surface area contributed by atoms with Gasteiger partial charge in [-0.3, -0.25) is 4.79 Å². The van der Waals surface area contributed by atoms with E-state index in [0.29, 0.717) is 25.7 Å². The molecule has 2 atom stereocenters. The van der Waals surface area contributed by atoms with Crippen molar-refractivity contribution in [3.05, 3.63) is 24.3 Å². The first kappa shape index (κ1) is 22.7. The largest absolute Gasteiger partial charge is 0.494 e. The van der Waals surface area contributed by atoms with Gasteiger partial charge in [0.15, 0.2) is 0 Å². The molecule has 2 unspecified atom stereocenters. The van der Waals surface area contributed by atoms with Crippen molar-refractivity contribution >= 4 is 11.6 Å². The standard InChI is InChI=1S/C23H38N2O3/c1-5-17-28-23(4,6-2)22(26)24-20-11-13-21(14-12-20)27-18-9-16-25-15-8-7-10-19(25)3/h11-14,19H,5-10,15-18H2,1-4H3,(H,24,26). The highest BCUT2D eigenvalue weighted by Crippen LogP contribution is 2.21. The third kappa shape index (κ3) is 6.78. The first-order valence-corrected chi connectivity index (χ1v) is 10.9. The molecule has 0 bridgehead atoms. The summed E-state index contributed by atoms with van der Waals surface area (Å²) in [5.41, 5.74) is -0.0317. The van der Waals surface area contributed by atoms with Gasteiger partial charge in [-0.15, -0.1) is 0 Å². The van der Waals surface area contributed by atoms with Crippen LogP contribution in [-0.2, 0) is 9.53 Å². The van der Waals surface area contributed by atoms with Gasteiger partial charge in [0.1, 0.15) is 11.4 Å². The molecule has 28 heavy (non-hydrogen) atoms. The van der Waals surface area contributed by atoms with Gasteiger partial charge in [0.2, 0.25) is 0 Å². The molecule has 1 saturated heterocycles. The van der Waals surface area contributed by atoms with E-state index in [4.69, 9.17) is 9.47 Å². The van der Waals surface area contributed by atoms with Crippen molar-refractivity contribution in [1.82, 2.24) is 4.90 Å². The van der Waals surface area contributed by atoms with E-state index in [1.54, 1.807) is 0 Å². The smallest absolute Gasteiger partial charge is 0.256 e. The summed E-state index contributed by atoms with van der Waals surface area (Å²) in [6, 6.07) is 8.29. The summed E-state index contributed by atoms with van der Waals surface area (Å²) in [6.07, 6.45) is 6.56. The van der Waals surface area contributed by atoms with Gasteiger partial charge in [0.25, 0.3) is 5.91 Å². The van der Waals surface area contributed by atoms with Crippen LogP contribution in [0.4, 0.5) is 5.69 Å². The number of carbonyl (C=O) groups is 1. The van der Waals surface area contributed by atoms with Gasteiger partial charge in [-0.2, -0.15) is 0 Å². The lowest BCUT2D eigenvalue weighted by Gasteiger charge is -2.33. The number of nitrogens with zero attached hydrogens (tertiary/aromatic N) is 1. The van der Waals surface area contributed by atoms with Gasteiger partial charge < -0.3 is 19.7 Å². The molecular weight excluding hydrogens is 352 g/mol. The highest BCUT2D eigenvalue weighted by atomic mass is 16.5. The maximum atomic E-state index is 12.6. The molecule has 0 radical (unpaired) electrons. The molecule has 0 aromatic heterocycles. The van der Waals surface area contributed by atoms with Crippen LogP contribution in [0.25, 0.3) is 0 Å². The lowest BCUT2D eigenvalue weighted by Crippen LogP contribution is -2.42. The third-order valence-corrected chi connectivity index (χ3v) is 5.69. The van der Waals surface area contributed by atoms with Crippen molar-refractivity contribution in [2.45, 2.75) is 77.9 Å². The Morgan fingerprint density at radius 1 is 1.21 bits per heavy atom. The lowest BCUT2D eigenvalue weighted by molar-refractivity contribution is -0.139. The Labute approximate surface area is 170 Å². The maximum Gasteiger partial charge on any atom is 0.256 e. The van der Waals surface area contributed by atoms with E-state index >= 15 is 0 Å². The van der Waals surface area contributed by atoms with Crippen LogP contribution < -0.4 is 10.1 Å². The van der Waals surface area contributed by atoms with E-state index in [9.17, 15) is 4.79 Å². The molecule has 1 aliphatic heterocycles. The molecule has 1 amide bonds. The Balaban J connectivity index is 1.75. The second-order valence-corrected chi connectivity index (χ2v) is 7.99. The number of piperidine rings is 1. The summed E-state index contributed by atoms with van der Waals surface area (Å²) in [5.74, 6) is 0.734. The predicted octanol–water partition coefficient (Wildman–Crippen LogP) is 4.86. The number of ether oxygens (including phenoxy) is 2. The zero-order valence-corrected chi connectivity index (χ0v) is 18.1.